The molecule has 0 aliphatic carbocycles. The van der Waals surface area contributed by atoms with Crippen molar-refractivity contribution in [3.63, 3.8) is 0 Å². The summed E-state index contributed by atoms with van der Waals surface area (Å²) in [4.78, 5) is 11.5. The number of thioether (sulfide) groups is 1. The fourth-order valence-corrected chi connectivity index (χ4v) is 4.57. The maximum Gasteiger partial charge on any atom is 0.235 e. The second-order valence-corrected chi connectivity index (χ2v) is 7.33. The summed E-state index contributed by atoms with van der Waals surface area (Å²) in [5.41, 5.74) is 14.8. The van der Waals surface area contributed by atoms with Gasteiger partial charge in [0.1, 0.15) is 0 Å². The summed E-state index contributed by atoms with van der Waals surface area (Å²) in [6, 6.07) is 30.2. The molecule has 0 saturated heterocycles. The molecular weight excluding hydrogens is 376 g/mol. The Hall–Kier alpha value is -2.27. The van der Waals surface area contributed by atoms with Gasteiger partial charge in [0, 0.05) is 5.75 Å². The third kappa shape index (κ3) is 4.53. The first-order chi connectivity index (χ1) is 12.6. The van der Waals surface area contributed by atoms with Gasteiger partial charge in [-0.25, -0.2) is 0 Å². The first-order valence-corrected chi connectivity index (χ1v) is 9.48. The van der Waals surface area contributed by atoms with Crippen LogP contribution in [0.3, 0.4) is 0 Å². The number of primary amides is 1. The van der Waals surface area contributed by atoms with Gasteiger partial charge in [-0.2, -0.15) is 0 Å². The van der Waals surface area contributed by atoms with Crippen LogP contribution in [0.4, 0.5) is 0 Å². The number of hydrogen-bond acceptors (Lipinski definition) is 3. The average Bonchev–Trinajstić information content (AvgIpc) is 2.70. The third-order valence-electron chi connectivity index (χ3n) is 4.39. The molecule has 0 spiro atoms. The van der Waals surface area contributed by atoms with E-state index in [2.05, 4.69) is 36.4 Å². The van der Waals surface area contributed by atoms with Crippen molar-refractivity contribution in [3.8, 4) is 0 Å². The number of nitrogens with two attached hydrogens (primary N) is 2. The van der Waals surface area contributed by atoms with Gasteiger partial charge in [-0.1, -0.05) is 91.0 Å². The van der Waals surface area contributed by atoms with E-state index in [4.69, 9.17) is 11.5 Å². The molecule has 0 aliphatic rings. The maximum atomic E-state index is 11.5. The molecule has 27 heavy (non-hydrogen) atoms. The molecule has 4 N–H and O–H groups in total. The summed E-state index contributed by atoms with van der Waals surface area (Å²) in [7, 11) is 0. The fourth-order valence-electron chi connectivity index (χ4n) is 3.07. The Balaban J connectivity index is 0.00000261. The number of amides is 1. The van der Waals surface area contributed by atoms with Crippen LogP contribution in [0.2, 0.25) is 0 Å². The highest BCUT2D eigenvalue weighted by Gasteiger charge is 2.37. The highest BCUT2D eigenvalue weighted by Crippen LogP contribution is 2.48. The van der Waals surface area contributed by atoms with E-state index in [1.54, 1.807) is 11.8 Å². The lowest BCUT2D eigenvalue weighted by atomic mass is 9.84. The Morgan fingerprint density at radius 3 is 1.41 bits per heavy atom. The Labute approximate surface area is 170 Å². The molecule has 1 amide bonds. The summed E-state index contributed by atoms with van der Waals surface area (Å²) >= 11 is 1.64. The molecule has 0 radical (unpaired) electrons. The smallest absolute Gasteiger partial charge is 0.235 e. The molecule has 0 unspecified atom stereocenters. The molecule has 0 saturated carbocycles. The van der Waals surface area contributed by atoms with Crippen LogP contribution in [-0.2, 0) is 9.54 Å². The summed E-state index contributed by atoms with van der Waals surface area (Å²) in [5.74, 6) is -0.0610. The van der Waals surface area contributed by atoms with Gasteiger partial charge in [0.15, 0.2) is 0 Å². The summed E-state index contributed by atoms with van der Waals surface area (Å²) in [5, 5.41) is 0. The predicted molar refractivity (Wildman–Crippen MR) is 116 cm³/mol. The molecule has 140 valence electrons. The minimum Gasteiger partial charge on any atom is -0.368 e. The van der Waals surface area contributed by atoms with Crippen LogP contribution in [0.15, 0.2) is 91.0 Å². The van der Waals surface area contributed by atoms with Crippen molar-refractivity contribution in [3.05, 3.63) is 108 Å². The largest absolute Gasteiger partial charge is 0.368 e. The van der Waals surface area contributed by atoms with Crippen molar-refractivity contribution in [2.24, 2.45) is 11.5 Å². The van der Waals surface area contributed by atoms with Crippen molar-refractivity contribution in [2.45, 2.75) is 10.8 Å². The summed E-state index contributed by atoms with van der Waals surface area (Å²) in [6.45, 7) is 0. The van der Waals surface area contributed by atoms with E-state index in [0.29, 0.717) is 5.75 Å². The van der Waals surface area contributed by atoms with E-state index in [1.807, 2.05) is 54.6 Å². The number of benzene rings is 3. The first kappa shape index (κ1) is 21.0. The average molecular weight is 399 g/mol. The van der Waals surface area contributed by atoms with E-state index < -0.39 is 16.7 Å². The molecule has 0 aliphatic heterocycles. The highest BCUT2D eigenvalue weighted by molar-refractivity contribution is 8.00. The first-order valence-electron chi connectivity index (χ1n) is 8.50. The Morgan fingerprint density at radius 2 is 1.11 bits per heavy atom. The highest BCUT2D eigenvalue weighted by atomic mass is 35.5. The van der Waals surface area contributed by atoms with Gasteiger partial charge < -0.3 is 11.5 Å². The van der Waals surface area contributed by atoms with Crippen molar-refractivity contribution in [2.75, 3.05) is 5.75 Å². The second-order valence-electron chi connectivity index (χ2n) is 6.10. The lowest BCUT2D eigenvalue weighted by Gasteiger charge is -2.36. The number of rotatable bonds is 7. The van der Waals surface area contributed by atoms with Gasteiger partial charge >= 0.3 is 0 Å². The molecule has 3 rings (SSSR count). The fraction of sp³-hybridized carbons (Fsp3) is 0.136. The van der Waals surface area contributed by atoms with Crippen molar-refractivity contribution < 1.29 is 4.79 Å². The van der Waals surface area contributed by atoms with Crippen LogP contribution < -0.4 is 11.5 Å². The van der Waals surface area contributed by atoms with Crippen LogP contribution in [0, 0.1) is 0 Å². The van der Waals surface area contributed by atoms with E-state index in [0.717, 1.165) is 16.7 Å². The van der Waals surface area contributed by atoms with Crippen LogP contribution >= 0.6 is 24.2 Å². The lowest BCUT2D eigenvalue weighted by molar-refractivity contribution is -0.118. The lowest BCUT2D eigenvalue weighted by Crippen LogP contribution is -2.40. The molecule has 0 aromatic heterocycles. The Kier molecular flexibility index (Phi) is 7.48. The van der Waals surface area contributed by atoms with Crippen LogP contribution in [0.5, 0.6) is 0 Å². The molecule has 0 fully saturated rings. The van der Waals surface area contributed by atoms with E-state index in [9.17, 15) is 4.79 Å². The molecule has 0 bridgehead atoms. The van der Waals surface area contributed by atoms with Gasteiger partial charge in [0.2, 0.25) is 5.91 Å². The number of carbonyl (C=O) groups excluding carboxylic acids is 1. The third-order valence-corrected chi connectivity index (χ3v) is 6.05. The standard InChI is InChI=1S/C22H22N2OS.ClH/c23-20(21(24)25)16-26-22(17-10-4-1-5-11-17,18-12-6-2-7-13-18)19-14-8-3-9-15-19;/h1-15,20H,16,23H2,(H2,24,25);1H/t20-;/m0./s1. The number of carbonyl (C=O) groups is 1. The van der Waals surface area contributed by atoms with Crippen molar-refractivity contribution in [1.82, 2.24) is 0 Å². The molecule has 5 heteroatoms. The van der Waals surface area contributed by atoms with Crippen LogP contribution in [0.1, 0.15) is 16.7 Å². The van der Waals surface area contributed by atoms with Gasteiger partial charge in [0.25, 0.3) is 0 Å². The van der Waals surface area contributed by atoms with Gasteiger partial charge in [0.05, 0.1) is 10.8 Å². The van der Waals surface area contributed by atoms with E-state index in [-0.39, 0.29) is 12.4 Å². The van der Waals surface area contributed by atoms with Crippen LogP contribution in [-0.4, -0.2) is 17.7 Å². The SMILES string of the molecule is Cl.NC(=O)[C@@H](N)CSC(c1ccccc1)(c1ccccc1)c1ccccc1. The molecule has 0 heterocycles. The van der Waals surface area contributed by atoms with Gasteiger partial charge in [-0.3, -0.25) is 4.79 Å². The minimum absolute atomic E-state index is 0. The maximum absolute atomic E-state index is 11.5. The molecular formula is C22H23ClN2OS. The number of hydrogen-bond donors (Lipinski definition) is 2. The van der Waals surface area contributed by atoms with Gasteiger partial charge in [-0.15, -0.1) is 24.2 Å². The molecule has 3 aromatic rings. The Morgan fingerprint density at radius 1 is 0.778 bits per heavy atom. The molecule has 3 nitrogen and oxygen atoms in total. The predicted octanol–water partition coefficient (Wildman–Crippen LogP) is 3.95. The zero-order valence-electron chi connectivity index (χ0n) is 14.8. The number of halogens is 1. The quantitative estimate of drug-likeness (QED) is 0.592. The summed E-state index contributed by atoms with van der Waals surface area (Å²) < 4.78 is -0.475. The van der Waals surface area contributed by atoms with E-state index >= 15 is 0 Å². The Bertz CT molecular complexity index is 747. The zero-order chi connectivity index (χ0) is 18.4. The van der Waals surface area contributed by atoms with Crippen molar-refractivity contribution >= 4 is 30.1 Å². The molecule has 1 atom stereocenters. The van der Waals surface area contributed by atoms with Crippen LogP contribution in [0.25, 0.3) is 0 Å². The van der Waals surface area contributed by atoms with Crippen molar-refractivity contribution in [1.29, 1.82) is 0 Å². The second kappa shape index (κ2) is 9.60. The molecule has 3 aromatic carbocycles. The summed E-state index contributed by atoms with van der Waals surface area (Å²) in [6.07, 6.45) is 0. The normalized spacial score (nSPS) is 12.0. The monoisotopic (exact) mass is 398 g/mol. The van der Waals surface area contributed by atoms with Gasteiger partial charge in [-0.05, 0) is 16.7 Å². The van der Waals surface area contributed by atoms with E-state index in [1.165, 1.54) is 0 Å². The minimum atomic E-state index is -0.699. The topological polar surface area (TPSA) is 69.1 Å². The zero-order valence-corrected chi connectivity index (χ0v) is 16.5.